The Labute approximate surface area is 118 Å². The van der Waals surface area contributed by atoms with E-state index in [9.17, 15) is 24.5 Å². The monoisotopic (exact) mass is 295 g/mol. The number of hydrogen-bond donors (Lipinski definition) is 3. The Balaban J connectivity index is 2.72. The predicted octanol–water partition coefficient (Wildman–Crippen LogP) is -0.418. The minimum absolute atomic E-state index is 0.174. The number of nitrogens with two attached hydrogens (primary N) is 1. The van der Waals surface area contributed by atoms with E-state index in [1.807, 2.05) is 0 Å². The number of amides is 2. The van der Waals surface area contributed by atoms with Crippen molar-refractivity contribution in [3.05, 3.63) is 39.9 Å². The van der Waals surface area contributed by atoms with Crippen molar-refractivity contribution in [3.63, 3.8) is 0 Å². The molecule has 0 heterocycles. The summed E-state index contributed by atoms with van der Waals surface area (Å²) in [6.07, 6.45) is -0.778. The molecule has 1 aromatic carbocycles. The van der Waals surface area contributed by atoms with Gasteiger partial charge < -0.3 is 16.2 Å². The number of carbonyl (C=O) groups excluding carboxylic acids is 2. The van der Waals surface area contributed by atoms with Crippen LogP contribution >= 0.6 is 0 Å². The van der Waals surface area contributed by atoms with Gasteiger partial charge in [0.05, 0.1) is 17.8 Å². The molecule has 0 radical (unpaired) electrons. The van der Waals surface area contributed by atoms with Gasteiger partial charge in [-0.1, -0.05) is 12.1 Å². The van der Waals surface area contributed by atoms with Crippen LogP contribution in [0.25, 0.3) is 0 Å². The molecule has 2 amide bonds. The second-order valence-corrected chi connectivity index (χ2v) is 4.23. The number of nitro groups is 1. The Morgan fingerprint density at radius 1 is 1.38 bits per heavy atom. The molecule has 0 saturated carbocycles. The average molecular weight is 295 g/mol. The van der Waals surface area contributed by atoms with Crippen LogP contribution in [0.15, 0.2) is 24.3 Å². The second kappa shape index (κ2) is 6.98. The lowest BCUT2D eigenvalue weighted by atomic mass is 10.1. The van der Waals surface area contributed by atoms with Gasteiger partial charge in [-0.3, -0.25) is 19.7 Å². The number of carbonyl (C=O) groups is 3. The third-order valence-electron chi connectivity index (χ3n) is 2.52. The molecule has 4 N–H and O–H groups in total. The zero-order valence-corrected chi connectivity index (χ0v) is 10.8. The van der Waals surface area contributed by atoms with E-state index >= 15 is 0 Å². The van der Waals surface area contributed by atoms with Crippen molar-refractivity contribution in [3.8, 4) is 0 Å². The summed E-state index contributed by atoms with van der Waals surface area (Å²) in [5.74, 6) is -2.93. The van der Waals surface area contributed by atoms with Gasteiger partial charge in [0.25, 0.3) is 5.69 Å². The Morgan fingerprint density at radius 3 is 2.57 bits per heavy atom. The smallest absolute Gasteiger partial charge is 0.326 e. The summed E-state index contributed by atoms with van der Waals surface area (Å²) in [7, 11) is 0. The van der Waals surface area contributed by atoms with Gasteiger partial charge in [0.15, 0.2) is 0 Å². The molecule has 9 heteroatoms. The Bertz CT molecular complexity index is 586. The van der Waals surface area contributed by atoms with Crippen LogP contribution in [0.5, 0.6) is 0 Å². The molecular weight excluding hydrogens is 282 g/mol. The third-order valence-corrected chi connectivity index (χ3v) is 2.52. The van der Waals surface area contributed by atoms with Crippen molar-refractivity contribution < 1.29 is 24.4 Å². The van der Waals surface area contributed by atoms with Crippen LogP contribution in [0.4, 0.5) is 5.69 Å². The first kappa shape index (κ1) is 16.1. The highest BCUT2D eigenvalue weighted by Crippen LogP contribution is 2.13. The fraction of sp³-hybridized carbons (Fsp3) is 0.250. The van der Waals surface area contributed by atoms with Gasteiger partial charge in [-0.05, 0) is 5.56 Å². The molecule has 9 nitrogen and oxygen atoms in total. The molecule has 0 aromatic heterocycles. The van der Waals surface area contributed by atoms with Crippen molar-refractivity contribution >= 4 is 23.5 Å². The van der Waals surface area contributed by atoms with Crippen LogP contribution in [0, 0.1) is 10.1 Å². The van der Waals surface area contributed by atoms with Crippen LogP contribution in [-0.4, -0.2) is 33.9 Å². The molecule has 1 atom stereocenters. The van der Waals surface area contributed by atoms with E-state index in [0.717, 1.165) is 0 Å². The summed E-state index contributed by atoms with van der Waals surface area (Å²) < 4.78 is 0. The average Bonchev–Trinajstić information content (AvgIpc) is 2.37. The first-order chi connectivity index (χ1) is 9.79. The standard InChI is InChI=1S/C12H13N3O6/c13-10(16)6-9(12(18)19)14-11(17)5-7-2-1-3-8(4-7)15(20)21/h1-4,9H,5-6H2,(H2,13,16)(H,14,17)(H,18,19). The number of rotatable bonds is 7. The number of primary amides is 1. The molecule has 0 saturated heterocycles. The van der Waals surface area contributed by atoms with Gasteiger partial charge in [0.2, 0.25) is 11.8 Å². The van der Waals surface area contributed by atoms with Crippen LogP contribution in [0.3, 0.4) is 0 Å². The molecule has 0 fully saturated rings. The lowest BCUT2D eigenvalue weighted by Crippen LogP contribution is -2.43. The second-order valence-electron chi connectivity index (χ2n) is 4.23. The number of nitrogens with zero attached hydrogens (tertiary/aromatic N) is 1. The number of non-ortho nitro benzene ring substituents is 1. The van der Waals surface area contributed by atoms with Gasteiger partial charge >= 0.3 is 5.97 Å². The Morgan fingerprint density at radius 2 is 2.05 bits per heavy atom. The van der Waals surface area contributed by atoms with Crippen molar-refractivity contribution in [2.75, 3.05) is 0 Å². The summed E-state index contributed by atoms with van der Waals surface area (Å²) in [6.45, 7) is 0. The first-order valence-electron chi connectivity index (χ1n) is 5.83. The van der Waals surface area contributed by atoms with Gasteiger partial charge in [0.1, 0.15) is 6.04 Å². The van der Waals surface area contributed by atoms with E-state index < -0.39 is 35.2 Å². The quantitative estimate of drug-likeness (QED) is 0.458. The molecule has 0 aliphatic heterocycles. The summed E-state index contributed by atoms with van der Waals surface area (Å²) in [4.78, 5) is 43.3. The number of carboxylic acid groups (broad SMARTS) is 1. The van der Waals surface area contributed by atoms with Gasteiger partial charge in [-0.2, -0.15) is 0 Å². The summed E-state index contributed by atoms with van der Waals surface area (Å²) in [5.41, 5.74) is 5.06. The van der Waals surface area contributed by atoms with Crippen LogP contribution in [-0.2, 0) is 20.8 Å². The first-order valence-corrected chi connectivity index (χ1v) is 5.83. The van der Waals surface area contributed by atoms with E-state index in [1.54, 1.807) is 0 Å². The van der Waals surface area contributed by atoms with Crippen molar-refractivity contribution in [1.29, 1.82) is 0 Å². The molecule has 1 unspecified atom stereocenters. The maximum absolute atomic E-state index is 11.7. The third kappa shape index (κ3) is 5.27. The highest BCUT2D eigenvalue weighted by atomic mass is 16.6. The largest absolute Gasteiger partial charge is 0.480 e. The lowest BCUT2D eigenvalue weighted by molar-refractivity contribution is -0.384. The topological polar surface area (TPSA) is 153 Å². The number of benzene rings is 1. The zero-order valence-electron chi connectivity index (χ0n) is 10.8. The van der Waals surface area contributed by atoms with E-state index in [2.05, 4.69) is 5.32 Å². The number of nitrogens with one attached hydrogen (secondary N) is 1. The molecule has 1 aromatic rings. The summed E-state index contributed by atoms with van der Waals surface area (Å²) in [5, 5.41) is 21.6. The Hall–Kier alpha value is -2.97. The van der Waals surface area contributed by atoms with Crippen LogP contribution < -0.4 is 11.1 Å². The predicted molar refractivity (Wildman–Crippen MR) is 70.2 cm³/mol. The zero-order chi connectivity index (χ0) is 16.0. The minimum Gasteiger partial charge on any atom is -0.480 e. The van der Waals surface area contributed by atoms with E-state index in [1.165, 1.54) is 24.3 Å². The van der Waals surface area contributed by atoms with Gasteiger partial charge in [-0.25, -0.2) is 4.79 Å². The fourth-order valence-corrected chi connectivity index (χ4v) is 1.61. The molecule has 21 heavy (non-hydrogen) atoms. The fourth-order valence-electron chi connectivity index (χ4n) is 1.61. The number of nitro benzene ring substituents is 1. The molecule has 0 aliphatic rings. The number of hydrogen-bond acceptors (Lipinski definition) is 5. The number of carboxylic acids is 1. The van der Waals surface area contributed by atoms with Gasteiger partial charge in [-0.15, -0.1) is 0 Å². The highest BCUT2D eigenvalue weighted by molar-refractivity contribution is 5.88. The van der Waals surface area contributed by atoms with E-state index in [4.69, 9.17) is 10.8 Å². The highest BCUT2D eigenvalue weighted by Gasteiger charge is 2.22. The van der Waals surface area contributed by atoms with Gasteiger partial charge in [0, 0.05) is 12.1 Å². The lowest BCUT2D eigenvalue weighted by Gasteiger charge is -2.12. The van der Waals surface area contributed by atoms with Crippen molar-refractivity contribution in [2.24, 2.45) is 5.73 Å². The maximum atomic E-state index is 11.7. The van der Waals surface area contributed by atoms with E-state index in [0.29, 0.717) is 5.56 Å². The van der Waals surface area contributed by atoms with Crippen molar-refractivity contribution in [1.82, 2.24) is 5.32 Å². The maximum Gasteiger partial charge on any atom is 0.326 e. The van der Waals surface area contributed by atoms with Crippen LogP contribution in [0.2, 0.25) is 0 Å². The van der Waals surface area contributed by atoms with E-state index in [-0.39, 0.29) is 12.1 Å². The molecule has 0 bridgehead atoms. The Kier molecular flexibility index (Phi) is 5.35. The SMILES string of the molecule is NC(=O)CC(NC(=O)Cc1cccc([N+](=O)[O-])c1)C(=O)O. The molecule has 0 aliphatic carbocycles. The van der Waals surface area contributed by atoms with Crippen molar-refractivity contribution in [2.45, 2.75) is 18.9 Å². The molecule has 1 rings (SSSR count). The summed E-state index contributed by atoms with van der Waals surface area (Å²) >= 11 is 0. The van der Waals surface area contributed by atoms with Crippen LogP contribution in [0.1, 0.15) is 12.0 Å². The normalized spacial score (nSPS) is 11.4. The summed E-state index contributed by atoms with van der Waals surface area (Å²) in [6, 6.07) is 3.97. The molecular formula is C12H13N3O6. The molecule has 0 spiro atoms. The number of aliphatic carboxylic acids is 1. The minimum atomic E-state index is -1.42. The molecule has 112 valence electrons.